The van der Waals surface area contributed by atoms with Gasteiger partial charge in [-0.15, -0.1) is 11.3 Å². The van der Waals surface area contributed by atoms with E-state index in [0.29, 0.717) is 6.54 Å². The van der Waals surface area contributed by atoms with Crippen LogP contribution in [-0.2, 0) is 11.2 Å². The molecule has 1 unspecified atom stereocenters. The van der Waals surface area contributed by atoms with E-state index in [2.05, 4.69) is 26.0 Å². The molecule has 7 nitrogen and oxygen atoms in total. The molecular weight excluding hydrogens is 350 g/mol. The number of aromatic nitrogens is 1. The Kier molecular flexibility index (Phi) is 8.84. The van der Waals surface area contributed by atoms with Crippen molar-refractivity contribution in [2.24, 2.45) is 4.99 Å². The van der Waals surface area contributed by atoms with Gasteiger partial charge in [0.15, 0.2) is 5.96 Å². The third kappa shape index (κ3) is 8.51. The second-order valence-electron chi connectivity index (χ2n) is 7.26. The molecule has 1 atom stereocenters. The summed E-state index contributed by atoms with van der Waals surface area (Å²) in [6.45, 7) is 11.1. The van der Waals surface area contributed by atoms with E-state index in [1.165, 1.54) is 0 Å². The zero-order chi connectivity index (χ0) is 19.7. The molecule has 0 bridgehead atoms. The normalized spacial score (nSPS) is 13.3. The predicted octanol–water partition coefficient (Wildman–Crippen LogP) is 2.80. The highest BCUT2D eigenvalue weighted by Gasteiger charge is 2.22. The quantitative estimate of drug-likeness (QED) is 0.559. The van der Waals surface area contributed by atoms with E-state index in [1.54, 1.807) is 30.3 Å². The van der Waals surface area contributed by atoms with Crippen LogP contribution >= 0.6 is 11.3 Å². The van der Waals surface area contributed by atoms with Gasteiger partial charge in [0.05, 0.1) is 10.7 Å². The van der Waals surface area contributed by atoms with Gasteiger partial charge in [-0.1, -0.05) is 0 Å². The molecule has 0 aliphatic rings. The van der Waals surface area contributed by atoms with Crippen LogP contribution in [0.4, 0.5) is 4.79 Å². The SMILES string of the molecule is CN=C(NCCc1csc(C)n1)NCCC(C)N(C)C(=O)OC(C)(C)C. The molecule has 0 saturated heterocycles. The fraction of sp³-hybridized carbons (Fsp3) is 0.722. The Labute approximate surface area is 161 Å². The zero-order valence-electron chi connectivity index (χ0n) is 17.0. The number of nitrogens with zero attached hydrogens (tertiary/aromatic N) is 3. The van der Waals surface area contributed by atoms with E-state index in [0.717, 1.165) is 36.0 Å². The van der Waals surface area contributed by atoms with Crippen LogP contribution in [0.3, 0.4) is 0 Å². The topological polar surface area (TPSA) is 78.9 Å². The molecule has 0 fully saturated rings. The molecular formula is C18H33N5O2S. The van der Waals surface area contributed by atoms with Crippen molar-refractivity contribution < 1.29 is 9.53 Å². The average molecular weight is 384 g/mol. The standard InChI is InChI=1S/C18H33N5O2S/c1-13(23(7)17(24)25-18(3,4)5)8-10-20-16(19-6)21-11-9-15-12-26-14(2)22-15/h12-13H,8-11H2,1-7H3,(H2,19,20,21). The van der Waals surface area contributed by atoms with Gasteiger partial charge in [0.2, 0.25) is 0 Å². The van der Waals surface area contributed by atoms with E-state index < -0.39 is 5.60 Å². The minimum atomic E-state index is -0.481. The van der Waals surface area contributed by atoms with Crippen LogP contribution in [0.25, 0.3) is 0 Å². The van der Waals surface area contributed by atoms with Crippen LogP contribution in [0, 0.1) is 6.92 Å². The summed E-state index contributed by atoms with van der Waals surface area (Å²) >= 11 is 1.67. The van der Waals surface area contributed by atoms with Gasteiger partial charge in [-0.2, -0.15) is 0 Å². The minimum absolute atomic E-state index is 0.0634. The number of hydrogen-bond donors (Lipinski definition) is 2. The fourth-order valence-corrected chi connectivity index (χ4v) is 2.81. The van der Waals surface area contributed by atoms with Crippen LogP contribution in [0.2, 0.25) is 0 Å². The van der Waals surface area contributed by atoms with Crippen LogP contribution in [0.15, 0.2) is 10.4 Å². The number of amides is 1. The van der Waals surface area contributed by atoms with Gasteiger partial charge in [0.1, 0.15) is 5.60 Å². The maximum Gasteiger partial charge on any atom is 0.410 e. The number of nitrogens with one attached hydrogen (secondary N) is 2. The summed E-state index contributed by atoms with van der Waals surface area (Å²) in [4.78, 5) is 22.4. The van der Waals surface area contributed by atoms with Crippen molar-refractivity contribution in [3.8, 4) is 0 Å². The molecule has 0 radical (unpaired) electrons. The Morgan fingerprint density at radius 2 is 2.04 bits per heavy atom. The maximum absolute atomic E-state index is 12.1. The monoisotopic (exact) mass is 383 g/mol. The molecule has 1 aromatic heterocycles. The molecule has 2 N–H and O–H groups in total. The van der Waals surface area contributed by atoms with Gasteiger partial charge >= 0.3 is 6.09 Å². The number of ether oxygens (including phenoxy) is 1. The number of hydrogen-bond acceptors (Lipinski definition) is 5. The first-order chi connectivity index (χ1) is 12.1. The van der Waals surface area contributed by atoms with Gasteiger partial charge in [-0.3, -0.25) is 4.99 Å². The molecule has 148 valence electrons. The Balaban J connectivity index is 2.29. The minimum Gasteiger partial charge on any atom is -0.444 e. The number of aliphatic imine (C=N–C) groups is 1. The molecule has 1 rings (SSSR count). The van der Waals surface area contributed by atoms with Crippen molar-refractivity contribution in [2.75, 3.05) is 27.2 Å². The van der Waals surface area contributed by atoms with E-state index in [-0.39, 0.29) is 12.1 Å². The second-order valence-corrected chi connectivity index (χ2v) is 8.32. The predicted molar refractivity (Wildman–Crippen MR) is 108 cm³/mol. The molecule has 0 aromatic carbocycles. The van der Waals surface area contributed by atoms with Gasteiger partial charge in [0, 0.05) is 45.0 Å². The van der Waals surface area contributed by atoms with Crippen molar-refractivity contribution in [2.45, 2.75) is 59.1 Å². The molecule has 26 heavy (non-hydrogen) atoms. The number of rotatable bonds is 7. The molecule has 1 heterocycles. The zero-order valence-corrected chi connectivity index (χ0v) is 17.9. The molecule has 0 aliphatic carbocycles. The van der Waals surface area contributed by atoms with Crippen molar-refractivity contribution in [3.05, 3.63) is 16.1 Å². The van der Waals surface area contributed by atoms with Crippen LogP contribution < -0.4 is 10.6 Å². The summed E-state index contributed by atoms with van der Waals surface area (Å²) in [5.74, 6) is 0.754. The summed E-state index contributed by atoms with van der Waals surface area (Å²) in [5.41, 5.74) is 0.619. The summed E-state index contributed by atoms with van der Waals surface area (Å²) in [6, 6.07) is 0.0634. The van der Waals surface area contributed by atoms with Gasteiger partial charge in [-0.05, 0) is 41.0 Å². The first-order valence-electron chi connectivity index (χ1n) is 8.93. The third-order valence-corrected chi connectivity index (χ3v) is 4.58. The highest BCUT2D eigenvalue weighted by molar-refractivity contribution is 7.09. The third-order valence-electron chi connectivity index (χ3n) is 3.76. The highest BCUT2D eigenvalue weighted by Crippen LogP contribution is 2.11. The summed E-state index contributed by atoms with van der Waals surface area (Å²) < 4.78 is 5.39. The van der Waals surface area contributed by atoms with Gasteiger partial charge in [-0.25, -0.2) is 9.78 Å². The lowest BCUT2D eigenvalue weighted by Gasteiger charge is -2.28. The van der Waals surface area contributed by atoms with Gasteiger partial charge in [0.25, 0.3) is 0 Å². The van der Waals surface area contributed by atoms with Crippen LogP contribution in [-0.4, -0.2) is 60.8 Å². The number of aryl methyl sites for hydroxylation is 1. The largest absolute Gasteiger partial charge is 0.444 e. The lowest BCUT2D eigenvalue weighted by atomic mass is 10.2. The summed E-state index contributed by atoms with van der Waals surface area (Å²) in [6.07, 6.45) is 1.36. The Hall–Kier alpha value is -1.83. The number of carbonyl (C=O) groups excluding carboxylic acids is 1. The van der Waals surface area contributed by atoms with Crippen LogP contribution in [0.5, 0.6) is 0 Å². The number of thiazole rings is 1. The Bertz CT molecular complexity index is 595. The molecule has 1 aromatic rings. The van der Waals surface area contributed by atoms with E-state index in [1.807, 2.05) is 34.6 Å². The second kappa shape index (κ2) is 10.4. The van der Waals surface area contributed by atoms with Gasteiger partial charge < -0.3 is 20.3 Å². The van der Waals surface area contributed by atoms with Crippen LogP contribution in [0.1, 0.15) is 44.8 Å². The molecule has 0 spiro atoms. The summed E-state index contributed by atoms with van der Waals surface area (Å²) in [5, 5.41) is 9.73. The molecule has 0 saturated carbocycles. The fourth-order valence-electron chi connectivity index (χ4n) is 2.16. The van der Waals surface area contributed by atoms with Crippen molar-refractivity contribution >= 4 is 23.4 Å². The Morgan fingerprint density at radius 3 is 2.58 bits per heavy atom. The van der Waals surface area contributed by atoms with Crippen molar-refractivity contribution in [1.82, 2.24) is 20.5 Å². The van der Waals surface area contributed by atoms with Crippen molar-refractivity contribution in [3.63, 3.8) is 0 Å². The van der Waals surface area contributed by atoms with E-state index >= 15 is 0 Å². The maximum atomic E-state index is 12.1. The highest BCUT2D eigenvalue weighted by atomic mass is 32.1. The smallest absolute Gasteiger partial charge is 0.410 e. The Morgan fingerprint density at radius 1 is 1.38 bits per heavy atom. The number of guanidine groups is 1. The lowest BCUT2D eigenvalue weighted by molar-refractivity contribution is 0.0230. The summed E-state index contributed by atoms with van der Waals surface area (Å²) in [7, 11) is 3.51. The molecule has 0 aliphatic heterocycles. The lowest BCUT2D eigenvalue weighted by Crippen LogP contribution is -2.43. The molecule has 1 amide bonds. The van der Waals surface area contributed by atoms with Crippen molar-refractivity contribution in [1.29, 1.82) is 0 Å². The first-order valence-corrected chi connectivity index (χ1v) is 9.81. The molecule has 8 heteroatoms. The van der Waals surface area contributed by atoms with E-state index in [4.69, 9.17) is 4.74 Å². The van der Waals surface area contributed by atoms with E-state index in [9.17, 15) is 4.79 Å². The average Bonchev–Trinajstić information content (AvgIpc) is 2.96. The first kappa shape index (κ1) is 22.2. The number of carbonyl (C=O) groups is 1.